The number of nitrogens with one attached hydrogen (secondary N) is 2. The molecule has 0 heterocycles. The molecule has 2 amide bonds. The lowest BCUT2D eigenvalue weighted by Gasteiger charge is -2.19. The van der Waals surface area contributed by atoms with E-state index in [0.717, 1.165) is 6.07 Å². The summed E-state index contributed by atoms with van der Waals surface area (Å²) >= 11 is 5.63. The number of carbonyl (C=O) groups is 3. The van der Waals surface area contributed by atoms with Gasteiger partial charge in [0.1, 0.15) is 6.54 Å². The van der Waals surface area contributed by atoms with Gasteiger partial charge < -0.3 is 24.8 Å². The molecule has 0 spiro atoms. The summed E-state index contributed by atoms with van der Waals surface area (Å²) in [6.07, 6.45) is -6.26. The second-order valence-corrected chi connectivity index (χ2v) is 8.12. The molecule has 3 rings (SSSR count). The second-order valence-electron chi connectivity index (χ2n) is 7.71. The zero-order valence-electron chi connectivity index (χ0n) is 20.1. The average molecular weight is 551 g/mol. The van der Waals surface area contributed by atoms with Gasteiger partial charge in [-0.05, 0) is 36.4 Å². The van der Waals surface area contributed by atoms with Crippen LogP contribution < -0.4 is 20.1 Å². The zero-order chi connectivity index (χ0) is 27.9. The van der Waals surface area contributed by atoms with Gasteiger partial charge in [-0.1, -0.05) is 41.9 Å². The lowest BCUT2D eigenvalue weighted by Crippen LogP contribution is -2.33. The number of hydrogen-bond donors (Lipinski definition) is 2. The van der Waals surface area contributed by atoms with Gasteiger partial charge in [-0.3, -0.25) is 14.4 Å². The van der Waals surface area contributed by atoms with E-state index in [1.807, 2.05) is 0 Å². The van der Waals surface area contributed by atoms with Crippen molar-refractivity contribution in [3.05, 3.63) is 88.4 Å². The van der Waals surface area contributed by atoms with E-state index in [0.29, 0.717) is 17.6 Å². The van der Waals surface area contributed by atoms with Crippen molar-refractivity contribution in [1.29, 1.82) is 0 Å². The molecule has 0 saturated heterocycles. The molecular formula is C26H22ClF3N2O6. The Hall–Kier alpha value is -4.25. The summed E-state index contributed by atoms with van der Waals surface area (Å²) in [6, 6.07) is 15.1. The Labute approximate surface area is 220 Å². The predicted octanol–water partition coefficient (Wildman–Crippen LogP) is 5.03. The maximum absolute atomic E-state index is 13.2. The third-order valence-corrected chi connectivity index (χ3v) is 5.50. The Bertz CT molecular complexity index is 1320. The van der Waals surface area contributed by atoms with Crippen molar-refractivity contribution in [2.75, 3.05) is 26.1 Å². The van der Waals surface area contributed by atoms with Crippen molar-refractivity contribution in [3.63, 3.8) is 0 Å². The van der Waals surface area contributed by atoms with Crippen LogP contribution in [-0.2, 0) is 20.5 Å². The summed E-state index contributed by atoms with van der Waals surface area (Å²) in [4.78, 5) is 38.0. The summed E-state index contributed by atoms with van der Waals surface area (Å²) in [5.74, 6) is -1.78. The summed E-state index contributed by atoms with van der Waals surface area (Å²) in [5, 5.41) is 4.16. The topological polar surface area (TPSA) is 103 Å². The van der Waals surface area contributed by atoms with Crippen LogP contribution in [0.2, 0.25) is 5.02 Å². The van der Waals surface area contributed by atoms with Crippen LogP contribution in [-0.4, -0.2) is 38.5 Å². The molecule has 3 aromatic rings. The van der Waals surface area contributed by atoms with Crippen molar-refractivity contribution < 1.29 is 41.8 Å². The molecule has 0 aliphatic heterocycles. The number of alkyl halides is 3. The zero-order valence-corrected chi connectivity index (χ0v) is 20.9. The molecule has 2 N–H and O–H groups in total. The minimum Gasteiger partial charge on any atom is -0.493 e. The first-order valence-corrected chi connectivity index (χ1v) is 11.3. The largest absolute Gasteiger partial charge is 0.493 e. The van der Waals surface area contributed by atoms with E-state index < -0.39 is 47.2 Å². The number of anilines is 1. The number of hydrogen-bond acceptors (Lipinski definition) is 6. The van der Waals surface area contributed by atoms with Crippen LogP contribution in [0.4, 0.5) is 18.9 Å². The van der Waals surface area contributed by atoms with Crippen LogP contribution in [0.3, 0.4) is 0 Å². The summed E-state index contributed by atoms with van der Waals surface area (Å²) < 4.78 is 55.2. The van der Waals surface area contributed by atoms with Crippen LogP contribution >= 0.6 is 11.6 Å². The standard InChI is InChI=1S/C26H22ClF3N2O6/c1-36-20-11-8-16(12-21(20)37-2)24(34)31-14-22(33)38-23(15-6-4-3-5-7-15)25(35)32-17-9-10-19(27)18(13-17)26(28,29)30/h3-13,23H,14H2,1-2H3,(H,31,34)(H,32,35)/t23-/m1/s1. The first kappa shape index (κ1) is 28.3. The van der Waals surface area contributed by atoms with E-state index in [2.05, 4.69) is 10.6 Å². The first-order chi connectivity index (χ1) is 18.0. The molecular weight excluding hydrogens is 529 g/mol. The van der Waals surface area contributed by atoms with E-state index in [4.69, 9.17) is 25.8 Å². The van der Waals surface area contributed by atoms with Crippen molar-refractivity contribution in [1.82, 2.24) is 5.32 Å². The van der Waals surface area contributed by atoms with Gasteiger partial charge >= 0.3 is 12.1 Å². The number of esters is 1. The normalized spacial score (nSPS) is 11.7. The first-order valence-electron chi connectivity index (χ1n) is 11.0. The monoisotopic (exact) mass is 550 g/mol. The van der Waals surface area contributed by atoms with Crippen LogP contribution in [0.15, 0.2) is 66.7 Å². The molecule has 0 fully saturated rings. The van der Waals surface area contributed by atoms with Crippen molar-refractivity contribution in [2.24, 2.45) is 0 Å². The van der Waals surface area contributed by atoms with Gasteiger partial charge in [-0.2, -0.15) is 13.2 Å². The number of rotatable bonds is 9. The number of carbonyl (C=O) groups excluding carboxylic acids is 3. The predicted molar refractivity (Wildman–Crippen MR) is 132 cm³/mol. The van der Waals surface area contributed by atoms with E-state index in [9.17, 15) is 27.6 Å². The minimum absolute atomic E-state index is 0.177. The van der Waals surface area contributed by atoms with Crippen molar-refractivity contribution in [2.45, 2.75) is 12.3 Å². The Morgan fingerprint density at radius 2 is 1.61 bits per heavy atom. The van der Waals surface area contributed by atoms with Gasteiger partial charge in [0.05, 0.1) is 24.8 Å². The molecule has 0 radical (unpaired) electrons. The Morgan fingerprint density at radius 1 is 0.921 bits per heavy atom. The quantitative estimate of drug-likeness (QED) is 0.362. The molecule has 0 aromatic heterocycles. The fourth-order valence-electron chi connectivity index (χ4n) is 3.33. The highest BCUT2D eigenvalue weighted by atomic mass is 35.5. The smallest absolute Gasteiger partial charge is 0.417 e. The maximum Gasteiger partial charge on any atom is 0.417 e. The molecule has 1 atom stereocenters. The minimum atomic E-state index is -4.74. The lowest BCUT2D eigenvalue weighted by molar-refractivity contribution is -0.153. The average Bonchev–Trinajstić information content (AvgIpc) is 2.90. The highest BCUT2D eigenvalue weighted by Gasteiger charge is 2.34. The molecule has 0 aliphatic carbocycles. The highest BCUT2D eigenvalue weighted by molar-refractivity contribution is 6.31. The molecule has 38 heavy (non-hydrogen) atoms. The van der Waals surface area contributed by atoms with Crippen molar-refractivity contribution in [3.8, 4) is 11.5 Å². The SMILES string of the molecule is COc1ccc(C(=O)NCC(=O)O[C@@H](C(=O)Nc2ccc(Cl)c(C(F)(F)F)c2)c2ccccc2)cc1OC. The molecule has 200 valence electrons. The Morgan fingerprint density at radius 3 is 2.24 bits per heavy atom. The summed E-state index contributed by atoms with van der Waals surface area (Å²) in [7, 11) is 2.84. The molecule has 3 aromatic carbocycles. The Kier molecular flexibility index (Phi) is 9.19. The molecule has 0 bridgehead atoms. The van der Waals surface area contributed by atoms with Crippen LogP contribution in [0.5, 0.6) is 11.5 Å². The van der Waals surface area contributed by atoms with Gasteiger partial charge in [-0.25, -0.2) is 0 Å². The molecule has 0 unspecified atom stereocenters. The van der Waals surface area contributed by atoms with Gasteiger partial charge in [0.2, 0.25) is 6.10 Å². The third-order valence-electron chi connectivity index (χ3n) is 5.17. The fraction of sp³-hybridized carbons (Fsp3) is 0.192. The van der Waals surface area contributed by atoms with Gasteiger partial charge in [-0.15, -0.1) is 0 Å². The Balaban J connectivity index is 1.72. The van der Waals surface area contributed by atoms with E-state index >= 15 is 0 Å². The lowest BCUT2D eigenvalue weighted by atomic mass is 10.1. The number of amides is 2. The maximum atomic E-state index is 13.2. The van der Waals surface area contributed by atoms with E-state index in [-0.39, 0.29) is 16.8 Å². The van der Waals surface area contributed by atoms with Gasteiger partial charge in [0, 0.05) is 16.8 Å². The van der Waals surface area contributed by atoms with E-state index in [1.54, 1.807) is 18.2 Å². The van der Waals surface area contributed by atoms with Crippen LogP contribution in [0, 0.1) is 0 Å². The highest BCUT2D eigenvalue weighted by Crippen LogP contribution is 2.36. The fourth-order valence-corrected chi connectivity index (χ4v) is 3.56. The second kappa shape index (κ2) is 12.3. The van der Waals surface area contributed by atoms with Crippen molar-refractivity contribution >= 4 is 35.1 Å². The number of benzene rings is 3. The molecule has 0 saturated carbocycles. The van der Waals surface area contributed by atoms with Gasteiger partial charge in [0.25, 0.3) is 11.8 Å². The van der Waals surface area contributed by atoms with Crippen LogP contribution in [0.25, 0.3) is 0 Å². The summed E-state index contributed by atoms with van der Waals surface area (Å²) in [5.41, 5.74) is -0.904. The van der Waals surface area contributed by atoms with E-state index in [1.165, 1.54) is 50.6 Å². The third kappa shape index (κ3) is 7.16. The molecule has 12 heteroatoms. The van der Waals surface area contributed by atoms with Gasteiger partial charge in [0.15, 0.2) is 11.5 Å². The molecule has 8 nitrogen and oxygen atoms in total. The number of methoxy groups -OCH3 is 2. The number of halogens is 4. The number of ether oxygens (including phenoxy) is 3. The molecule has 0 aliphatic rings. The van der Waals surface area contributed by atoms with Crippen LogP contribution in [0.1, 0.15) is 27.6 Å². The summed E-state index contributed by atoms with van der Waals surface area (Å²) in [6.45, 7) is -0.594.